The summed E-state index contributed by atoms with van der Waals surface area (Å²) in [7, 11) is 2.49. The summed E-state index contributed by atoms with van der Waals surface area (Å²) in [5.74, 6) is 2.03. The van der Waals surface area contributed by atoms with Crippen LogP contribution in [0.25, 0.3) is 22.4 Å². The van der Waals surface area contributed by atoms with E-state index in [2.05, 4.69) is 68.5 Å². The predicted octanol–water partition coefficient (Wildman–Crippen LogP) is 6.62. The predicted molar refractivity (Wildman–Crippen MR) is 129 cm³/mol. The second kappa shape index (κ2) is 8.42. The van der Waals surface area contributed by atoms with Gasteiger partial charge in [0.25, 0.3) is 0 Å². The van der Waals surface area contributed by atoms with Crippen LogP contribution >= 0.6 is 0 Å². The van der Waals surface area contributed by atoms with Crippen LogP contribution in [0.1, 0.15) is 56.9 Å². The molecule has 0 spiro atoms. The summed E-state index contributed by atoms with van der Waals surface area (Å²) in [5.41, 5.74) is 6.17. The van der Waals surface area contributed by atoms with Crippen molar-refractivity contribution in [3.8, 4) is 22.4 Å². The standard InChI is InChI=1S/C28H32BN/c29-28(18-16-23(17-19-28)21-6-4-5-7-21)26-13-10-22(11-14-26)25-12-15-27(30-20-25)24-8-2-1-3-9-24/h1-3,8-15,20-21,23H,4-7,16-19,29H2. The number of aromatic nitrogens is 1. The molecular weight excluding hydrogens is 361 g/mol. The zero-order chi connectivity index (χ0) is 20.4. The fraction of sp³-hybridized carbons (Fsp3) is 0.393. The quantitative estimate of drug-likeness (QED) is 0.454. The molecule has 2 aliphatic rings. The van der Waals surface area contributed by atoms with Crippen LogP contribution in [0.4, 0.5) is 0 Å². The van der Waals surface area contributed by atoms with Gasteiger partial charge in [0.05, 0.1) is 5.69 Å². The second-order valence-corrected chi connectivity index (χ2v) is 9.82. The Hall–Kier alpha value is -2.35. The zero-order valence-corrected chi connectivity index (χ0v) is 18.2. The molecular formula is C28H32BN. The molecule has 1 aromatic heterocycles. The summed E-state index contributed by atoms with van der Waals surface area (Å²) < 4.78 is 0. The highest BCUT2D eigenvalue weighted by atomic mass is 14.7. The molecule has 5 rings (SSSR count). The third-order valence-corrected chi connectivity index (χ3v) is 7.95. The van der Waals surface area contributed by atoms with Gasteiger partial charge in [-0.1, -0.05) is 112 Å². The van der Waals surface area contributed by atoms with Crippen molar-refractivity contribution in [1.82, 2.24) is 4.98 Å². The number of benzene rings is 2. The van der Waals surface area contributed by atoms with E-state index in [0.717, 1.165) is 17.5 Å². The maximum Gasteiger partial charge on any atom is 0.115 e. The van der Waals surface area contributed by atoms with Gasteiger partial charge in [0.15, 0.2) is 0 Å². The van der Waals surface area contributed by atoms with Crippen LogP contribution in [0, 0.1) is 11.8 Å². The summed E-state index contributed by atoms with van der Waals surface area (Å²) in [6, 6.07) is 24.0. The molecule has 0 bridgehead atoms. The smallest absolute Gasteiger partial charge is 0.115 e. The molecule has 2 heteroatoms. The minimum absolute atomic E-state index is 0.350. The number of nitrogens with zero attached hydrogens (tertiary/aromatic N) is 1. The Bertz CT molecular complexity index is 948. The Morgan fingerprint density at radius 2 is 1.30 bits per heavy atom. The first kappa shape index (κ1) is 19.6. The highest BCUT2D eigenvalue weighted by molar-refractivity contribution is 6.16. The van der Waals surface area contributed by atoms with E-state index in [1.54, 1.807) is 0 Å². The van der Waals surface area contributed by atoms with Gasteiger partial charge in [-0.25, -0.2) is 0 Å². The van der Waals surface area contributed by atoms with Crippen LogP contribution in [-0.2, 0) is 5.31 Å². The molecule has 0 atom stereocenters. The van der Waals surface area contributed by atoms with Gasteiger partial charge in [-0.15, -0.1) is 0 Å². The number of hydrogen-bond donors (Lipinski definition) is 0. The minimum Gasteiger partial charge on any atom is -0.256 e. The molecule has 3 aromatic rings. The van der Waals surface area contributed by atoms with Crippen LogP contribution in [-0.4, -0.2) is 12.8 Å². The molecule has 0 amide bonds. The molecule has 30 heavy (non-hydrogen) atoms. The highest BCUT2D eigenvalue weighted by Crippen LogP contribution is 2.45. The lowest BCUT2D eigenvalue weighted by atomic mass is 9.54. The highest BCUT2D eigenvalue weighted by Gasteiger charge is 2.36. The molecule has 2 aliphatic carbocycles. The first-order valence-corrected chi connectivity index (χ1v) is 11.8. The van der Waals surface area contributed by atoms with E-state index in [9.17, 15) is 0 Å². The van der Waals surface area contributed by atoms with Gasteiger partial charge in [-0.3, -0.25) is 4.98 Å². The van der Waals surface area contributed by atoms with Crippen molar-refractivity contribution in [2.45, 2.75) is 56.7 Å². The lowest BCUT2D eigenvalue weighted by Gasteiger charge is -2.40. The van der Waals surface area contributed by atoms with Gasteiger partial charge in [0.2, 0.25) is 0 Å². The van der Waals surface area contributed by atoms with E-state index in [4.69, 9.17) is 4.98 Å². The molecule has 0 N–H and O–H groups in total. The molecule has 0 radical (unpaired) electrons. The normalized spacial score (nSPS) is 24.7. The fourth-order valence-corrected chi connectivity index (χ4v) is 5.88. The van der Waals surface area contributed by atoms with Gasteiger partial charge in [-0.2, -0.15) is 0 Å². The van der Waals surface area contributed by atoms with Gasteiger partial charge >= 0.3 is 0 Å². The molecule has 2 saturated carbocycles. The first-order valence-electron chi connectivity index (χ1n) is 11.8. The lowest BCUT2D eigenvalue weighted by Crippen LogP contribution is -2.33. The molecule has 1 heterocycles. The minimum atomic E-state index is 0.350. The average Bonchev–Trinajstić information content (AvgIpc) is 3.35. The Morgan fingerprint density at radius 1 is 0.667 bits per heavy atom. The number of pyridine rings is 1. The molecule has 0 saturated heterocycles. The van der Waals surface area contributed by atoms with Crippen molar-refractivity contribution in [2.24, 2.45) is 11.8 Å². The van der Waals surface area contributed by atoms with E-state index >= 15 is 0 Å². The number of rotatable bonds is 4. The summed E-state index contributed by atoms with van der Waals surface area (Å²) in [6.07, 6.45) is 13.5. The van der Waals surface area contributed by atoms with E-state index in [1.165, 1.54) is 73.6 Å². The zero-order valence-electron chi connectivity index (χ0n) is 18.2. The average molecular weight is 393 g/mol. The fourth-order valence-electron chi connectivity index (χ4n) is 5.88. The van der Waals surface area contributed by atoms with Crippen molar-refractivity contribution in [3.63, 3.8) is 0 Å². The van der Waals surface area contributed by atoms with E-state index < -0.39 is 0 Å². The summed E-state index contributed by atoms with van der Waals surface area (Å²) in [4.78, 5) is 4.70. The van der Waals surface area contributed by atoms with Crippen LogP contribution in [0.15, 0.2) is 72.9 Å². The van der Waals surface area contributed by atoms with Crippen molar-refractivity contribution >= 4 is 7.85 Å². The van der Waals surface area contributed by atoms with Gasteiger partial charge in [-0.05, 0) is 34.3 Å². The monoisotopic (exact) mass is 393 g/mol. The molecule has 152 valence electrons. The third-order valence-electron chi connectivity index (χ3n) is 7.95. The van der Waals surface area contributed by atoms with Crippen LogP contribution in [0.2, 0.25) is 0 Å². The van der Waals surface area contributed by atoms with Crippen LogP contribution < -0.4 is 0 Å². The van der Waals surface area contributed by atoms with E-state index in [1.807, 2.05) is 12.3 Å². The Kier molecular flexibility index (Phi) is 5.50. The van der Waals surface area contributed by atoms with E-state index in [0.29, 0.717) is 5.31 Å². The summed E-state index contributed by atoms with van der Waals surface area (Å²) >= 11 is 0. The van der Waals surface area contributed by atoms with Crippen molar-refractivity contribution in [1.29, 1.82) is 0 Å². The largest absolute Gasteiger partial charge is 0.256 e. The first-order chi connectivity index (χ1) is 14.7. The molecule has 2 aromatic carbocycles. The van der Waals surface area contributed by atoms with E-state index in [-0.39, 0.29) is 0 Å². The van der Waals surface area contributed by atoms with Gasteiger partial charge in [0.1, 0.15) is 7.85 Å². The maximum absolute atomic E-state index is 4.70. The molecule has 0 unspecified atom stereocenters. The molecule has 1 nitrogen and oxygen atoms in total. The Morgan fingerprint density at radius 3 is 1.93 bits per heavy atom. The van der Waals surface area contributed by atoms with Gasteiger partial charge < -0.3 is 0 Å². The third kappa shape index (κ3) is 3.97. The van der Waals surface area contributed by atoms with Crippen molar-refractivity contribution < 1.29 is 0 Å². The van der Waals surface area contributed by atoms with Crippen molar-refractivity contribution in [2.75, 3.05) is 0 Å². The maximum atomic E-state index is 4.70. The SMILES string of the molecule is BC1(c2ccc(-c3ccc(-c4ccccc4)nc3)cc2)CCC(C2CCCC2)CC1. The summed E-state index contributed by atoms with van der Waals surface area (Å²) in [5, 5.41) is 0.350. The van der Waals surface area contributed by atoms with Crippen molar-refractivity contribution in [3.05, 3.63) is 78.5 Å². The Balaban J connectivity index is 1.27. The molecule has 2 fully saturated rings. The lowest BCUT2D eigenvalue weighted by molar-refractivity contribution is 0.219. The van der Waals surface area contributed by atoms with Crippen LogP contribution in [0.3, 0.4) is 0 Å². The van der Waals surface area contributed by atoms with Gasteiger partial charge in [0, 0.05) is 17.3 Å². The van der Waals surface area contributed by atoms with Crippen LogP contribution in [0.5, 0.6) is 0 Å². The molecule has 0 aliphatic heterocycles. The second-order valence-electron chi connectivity index (χ2n) is 9.82. The summed E-state index contributed by atoms with van der Waals surface area (Å²) in [6.45, 7) is 0. The number of hydrogen-bond acceptors (Lipinski definition) is 1. The topological polar surface area (TPSA) is 12.9 Å². The Labute approximate surface area is 182 Å².